The molecule has 0 spiro atoms. The minimum absolute atomic E-state index is 0.0771. The van der Waals surface area contributed by atoms with Crippen molar-refractivity contribution in [2.75, 3.05) is 26.8 Å². The van der Waals surface area contributed by atoms with Gasteiger partial charge in [-0.05, 0) is 31.0 Å². The largest absolute Gasteiger partial charge is 0.493 e. The first-order valence-corrected chi connectivity index (χ1v) is 7.70. The number of hydrogen-bond donors (Lipinski definition) is 1. The number of hydrogen-bond acceptors (Lipinski definition) is 4. The van der Waals surface area contributed by atoms with E-state index in [0.29, 0.717) is 36.1 Å². The average molecular weight is 323 g/mol. The van der Waals surface area contributed by atoms with E-state index in [2.05, 4.69) is 0 Å². The van der Waals surface area contributed by atoms with Crippen molar-refractivity contribution in [2.45, 2.75) is 27.2 Å². The molecule has 0 bridgehead atoms. The first kappa shape index (κ1) is 18.8. The van der Waals surface area contributed by atoms with Crippen molar-refractivity contribution < 1.29 is 24.2 Å². The molecule has 0 saturated heterocycles. The van der Waals surface area contributed by atoms with E-state index in [1.165, 1.54) is 12.0 Å². The second-order valence-corrected chi connectivity index (χ2v) is 5.60. The Morgan fingerprint density at radius 2 is 1.96 bits per heavy atom. The molecule has 0 unspecified atom stereocenters. The fourth-order valence-electron chi connectivity index (χ4n) is 1.99. The summed E-state index contributed by atoms with van der Waals surface area (Å²) in [5, 5.41) is 8.76. The van der Waals surface area contributed by atoms with Gasteiger partial charge in [0.1, 0.15) is 0 Å². The van der Waals surface area contributed by atoms with E-state index < -0.39 is 5.97 Å². The lowest BCUT2D eigenvalue weighted by molar-refractivity contribution is -0.137. The summed E-state index contributed by atoms with van der Waals surface area (Å²) >= 11 is 0. The van der Waals surface area contributed by atoms with Crippen LogP contribution >= 0.6 is 0 Å². The topological polar surface area (TPSA) is 76.1 Å². The summed E-state index contributed by atoms with van der Waals surface area (Å²) < 4.78 is 11.0. The molecule has 0 aliphatic heterocycles. The Morgan fingerprint density at radius 1 is 1.26 bits per heavy atom. The van der Waals surface area contributed by atoms with Gasteiger partial charge in [-0.1, -0.05) is 13.8 Å². The highest BCUT2D eigenvalue weighted by Gasteiger charge is 2.17. The van der Waals surface area contributed by atoms with Crippen molar-refractivity contribution in [1.29, 1.82) is 0 Å². The Bertz CT molecular complexity index is 542. The van der Waals surface area contributed by atoms with Gasteiger partial charge in [0.05, 0.1) is 20.1 Å². The van der Waals surface area contributed by atoms with Gasteiger partial charge in [0.2, 0.25) is 0 Å². The van der Waals surface area contributed by atoms with Crippen LogP contribution in [0.15, 0.2) is 18.2 Å². The molecule has 1 amide bonds. The van der Waals surface area contributed by atoms with E-state index in [1.807, 2.05) is 20.8 Å². The maximum Gasteiger partial charge on any atom is 0.305 e. The molecule has 0 aliphatic carbocycles. The van der Waals surface area contributed by atoms with Crippen molar-refractivity contribution in [1.82, 2.24) is 4.90 Å². The van der Waals surface area contributed by atoms with E-state index in [9.17, 15) is 9.59 Å². The molecule has 1 aromatic carbocycles. The van der Waals surface area contributed by atoms with Crippen LogP contribution in [0.5, 0.6) is 11.5 Å². The summed E-state index contributed by atoms with van der Waals surface area (Å²) in [6, 6.07) is 5.00. The monoisotopic (exact) mass is 323 g/mol. The summed E-state index contributed by atoms with van der Waals surface area (Å²) in [5.74, 6) is 0.318. The Hall–Kier alpha value is -2.24. The summed E-state index contributed by atoms with van der Waals surface area (Å²) in [5.41, 5.74) is 0.450. The van der Waals surface area contributed by atoms with E-state index in [4.69, 9.17) is 14.6 Å². The van der Waals surface area contributed by atoms with E-state index >= 15 is 0 Å². The summed E-state index contributed by atoms with van der Waals surface area (Å²) in [6.07, 6.45) is -0.0771. The molecule has 6 heteroatoms. The number of carboxylic acid groups (broad SMARTS) is 1. The number of amides is 1. The van der Waals surface area contributed by atoms with Crippen molar-refractivity contribution in [3.8, 4) is 11.5 Å². The number of benzene rings is 1. The molecule has 23 heavy (non-hydrogen) atoms. The van der Waals surface area contributed by atoms with E-state index in [-0.39, 0.29) is 18.9 Å². The summed E-state index contributed by atoms with van der Waals surface area (Å²) in [6.45, 7) is 7.09. The number of nitrogens with zero attached hydrogens (tertiary/aromatic N) is 1. The summed E-state index contributed by atoms with van der Waals surface area (Å²) in [4.78, 5) is 24.6. The van der Waals surface area contributed by atoms with Crippen LogP contribution in [0.3, 0.4) is 0 Å². The Morgan fingerprint density at radius 3 is 2.48 bits per heavy atom. The van der Waals surface area contributed by atoms with Crippen LogP contribution in [0, 0.1) is 5.92 Å². The highest BCUT2D eigenvalue weighted by atomic mass is 16.5. The van der Waals surface area contributed by atoms with Crippen LogP contribution in [0.4, 0.5) is 0 Å². The zero-order valence-corrected chi connectivity index (χ0v) is 14.2. The van der Waals surface area contributed by atoms with Crippen molar-refractivity contribution in [3.05, 3.63) is 23.8 Å². The van der Waals surface area contributed by atoms with Gasteiger partial charge >= 0.3 is 5.97 Å². The van der Waals surface area contributed by atoms with Crippen LogP contribution in [0.2, 0.25) is 0 Å². The smallest absolute Gasteiger partial charge is 0.305 e. The number of ether oxygens (including phenoxy) is 2. The van der Waals surface area contributed by atoms with Gasteiger partial charge in [0.25, 0.3) is 5.91 Å². The van der Waals surface area contributed by atoms with Crippen LogP contribution in [0.25, 0.3) is 0 Å². The number of rotatable bonds is 9. The van der Waals surface area contributed by atoms with Crippen LogP contribution < -0.4 is 9.47 Å². The average Bonchev–Trinajstić information content (AvgIpc) is 2.52. The minimum Gasteiger partial charge on any atom is -0.493 e. The number of carbonyl (C=O) groups excluding carboxylic acids is 1. The second-order valence-electron chi connectivity index (χ2n) is 5.60. The van der Waals surface area contributed by atoms with E-state index in [1.54, 1.807) is 18.2 Å². The molecule has 0 fully saturated rings. The predicted octanol–water partition coefficient (Wildman–Crippen LogP) is 2.67. The molecule has 1 aromatic rings. The molecule has 0 heterocycles. The second kappa shape index (κ2) is 9.02. The van der Waals surface area contributed by atoms with Crippen LogP contribution in [0.1, 0.15) is 37.6 Å². The van der Waals surface area contributed by atoms with Crippen molar-refractivity contribution in [3.63, 3.8) is 0 Å². The highest BCUT2D eigenvalue weighted by Crippen LogP contribution is 2.29. The minimum atomic E-state index is -0.925. The lowest BCUT2D eigenvalue weighted by atomic mass is 10.1. The lowest BCUT2D eigenvalue weighted by Gasteiger charge is -2.21. The molecule has 128 valence electrons. The molecule has 0 aromatic heterocycles. The van der Waals surface area contributed by atoms with Gasteiger partial charge in [-0.25, -0.2) is 0 Å². The third-order valence-electron chi connectivity index (χ3n) is 3.25. The van der Waals surface area contributed by atoms with Gasteiger partial charge in [-0.3, -0.25) is 9.59 Å². The van der Waals surface area contributed by atoms with Gasteiger partial charge in [0.15, 0.2) is 11.5 Å². The molecular formula is C17H25NO5. The third-order valence-corrected chi connectivity index (χ3v) is 3.25. The molecule has 0 radical (unpaired) electrons. The fraction of sp³-hybridized carbons (Fsp3) is 0.529. The lowest BCUT2D eigenvalue weighted by Crippen LogP contribution is -2.32. The highest BCUT2D eigenvalue weighted by molar-refractivity contribution is 5.95. The molecule has 1 rings (SSSR count). The van der Waals surface area contributed by atoms with Gasteiger partial charge in [-0.15, -0.1) is 0 Å². The number of methoxy groups -OCH3 is 1. The number of aliphatic carboxylic acids is 1. The molecule has 1 N–H and O–H groups in total. The van der Waals surface area contributed by atoms with Gasteiger partial charge in [0, 0.05) is 18.7 Å². The number of carboxylic acids is 1. The normalized spacial score (nSPS) is 10.5. The molecular weight excluding hydrogens is 298 g/mol. The zero-order valence-electron chi connectivity index (χ0n) is 14.2. The van der Waals surface area contributed by atoms with Gasteiger partial charge < -0.3 is 19.5 Å². The molecule has 0 aliphatic rings. The van der Waals surface area contributed by atoms with Gasteiger partial charge in [-0.2, -0.15) is 0 Å². The maximum absolute atomic E-state index is 12.5. The predicted molar refractivity (Wildman–Crippen MR) is 87.2 cm³/mol. The molecule has 0 saturated carbocycles. The Kier molecular flexibility index (Phi) is 7.38. The van der Waals surface area contributed by atoms with Crippen molar-refractivity contribution in [2.24, 2.45) is 5.92 Å². The molecule has 6 nitrogen and oxygen atoms in total. The standard InChI is InChI=1S/C17H25NO5/c1-5-18(9-8-16(19)20)17(21)13-6-7-14(15(10-13)22-4)23-11-12(2)3/h6-7,10,12H,5,8-9,11H2,1-4H3,(H,19,20). The van der Waals surface area contributed by atoms with E-state index in [0.717, 1.165) is 0 Å². The quantitative estimate of drug-likeness (QED) is 0.756. The number of carbonyl (C=O) groups is 2. The van der Waals surface area contributed by atoms with Crippen molar-refractivity contribution >= 4 is 11.9 Å². The van der Waals surface area contributed by atoms with Crippen LogP contribution in [-0.2, 0) is 4.79 Å². The Balaban J connectivity index is 2.90. The fourth-order valence-corrected chi connectivity index (χ4v) is 1.99. The molecule has 0 atom stereocenters. The van der Waals surface area contributed by atoms with Crippen LogP contribution in [-0.4, -0.2) is 48.7 Å². The third kappa shape index (κ3) is 5.81. The SMILES string of the molecule is CCN(CCC(=O)O)C(=O)c1ccc(OCC(C)C)c(OC)c1. The first-order valence-electron chi connectivity index (χ1n) is 7.70. The summed E-state index contributed by atoms with van der Waals surface area (Å²) in [7, 11) is 1.52. The maximum atomic E-state index is 12.5. The first-order chi connectivity index (χ1) is 10.9. The Labute approximate surface area is 137 Å². The zero-order chi connectivity index (χ0) is 17.4.